The quantitative estimate of drug-likeness (QED) is 0.742. The maximum atomic E-state index is 12.4. The molecule has 4 rings (SSSR count). The van der Waals surface area contributed by atoms with E-state index in [0.29, 0.717) is 4.48 Å². The van der Waals surface area contributed by atoms with Crippen molar-refractivity contribution < 1.29 is 9.22 Å². The van der Waals surface area contributed by atoms with Crippen LogP contribution >= 0.6 is 0 Å². The third-order valence-corrected chi connectivity index (χ3v) is 4.96. The van der Waals surface area contributed by atoms with Gasteiger partial charge in [0, 0.05) is 24.2 Å². The molecular weight excluding hydrogens is 324 g/mol. The van der Waals surface area contributed by atoms with E-state index < -0.39 is 0 Å². The van der Waals surface area contributed by atoms with Crippen molar-refractivity contribution in [3.8, 4) is 22.6 Å². The molecule has 4 nitrogen and oxygen atoms in total. The van der Waals surface area contributed by atoms with E-state index in [4.69, 9.17) is 4.74 Å². The minimum atomic E-state index is -0.0531. The monoisotopic (exact) mass is 345 g/mol. The van der Waals surface area contributed by atoms with Crippen LogP contribution in [-0.2, 0) is 0 Å². The first-order valence-electron chi connectivity index (χ1n) is 8.59. The van der Waals surface area contributed by atoms with Crippen molar-refractivity contribution in [2.24, 2.45) is 0 Å². The molecule has 1 N–H and O–H groups in total. The van der Waals surface area contributed by atoms with Gasteiger partial charge in [-0.15, -0.1) is 0 Å². The zero-order valence-corrected chi connectivity index (χ0v) is 15.1. The summed E-state index contributed by atoms with van der Waals surface area (Å²) in [6.07, 6.45) is 3.90. The Labute approximate surface area is 151 Å². The Morgan fingerprint density at radius 1 is 0.923 bits per heavy atom. The number of nitrogens with zero attached hydrogens (tertiary/aromatic N) is 1. The van der Waals surface area contributed by atoms with Crippen LogP contribution in [0.5, 0.6) is 11.5 Å². The highest BCUT2D eigenvalue weighted by molar-refractivity contribution is 5.72. The molecule has 3 aromatic rings. The predicted molar refractivity (Wildman–Crippen MR) is 104 cm³/mol. The van der Waals surface area contributed by atoms with Crippen LogP contribution in [0.3, 0.4) is 0 Å². The van der Waals surface area contributed by atoms with Crippen LogP contribution < -0.4 is 20.7 Å². The third kappa shape index (κ3) is 2.65. The predicted octanol–water partition coefficient (Wildman–Crippen LogP) is 2.79. The summed E-state index contributed by atoms with van der Waals surface area (Å²) >= 11 is 0. The normalized spacial score (nSPS) is 14.7. The summed E-state index contributed by atoms with van der Waals surface area (Å²) in [5.41, 5.74) is 2.90. The van der Waals surface area contributed by atoms with E-state index in [-0.39, 0.29) is 5.56 Å². The number of quaternary nitrogens is 1. The van der Waals surface area contributed by atoms with Gasteiger partial charge < -0.3 is 9.72 Å². The number of aromatic amines is 1. The van der Waals surface area contributed by atoms with E-state index in [9.17, 15) is 4.79 Å². The fourth-order valence-electron chi connectivity index (χ4n) is 3.36. The summed E-state index contributed by atoms with van der Waals surface area (Å²) in [6.45, 7) is 2.01. The fourth-order valence-corrected chi connectivity index (χ4v) is 3.36. The Morgan fingerprint density at radius 3 is 2.38 bits per heavy atom. The van der Waals surface area contributed by atoms with Crippen molar-refractivity contribution >= 4 is 11.9 Å². The molecule has 2 aromatic carbocycles. The summed E-state index contributed by atoms with van der Waals surface area (Å²) in [6, 6.07) is 17.6. The van der Waals surface area contributed by atoms with Crippen molar-refractivity contribution in [3.63, 3.8) is 0 Å². The molecular formula is C22H21N2O2+. The molecule has 0 atom stereocenters. The standard InChI is InChI=1S/C22H20N2O2/c1-15-21-19(14-24(15,2)3)18(13-23-22(21)25)17-11-7-8-12-20(17)26-16-9-5-4-6-10-16/h4-14H,1-3H3/p+1. The maximum absolute atomic E-state index is 12.4. The number of aromatic nitrogens is 1. The zero-order chi connectivity index (χ0) is 18.3. The second kappa shape index (κ2) is 6.00. The first-order valence-corrected chi connectivity index (χ1v) is 8.59. The molecule has 130 valence electrons. The van der Waals surface area contributed by atoms with Crippen molar-refractivity contribution in [3.05, 3.63) is 81.6 Å². The molecule has 0 amide bonds. The van der Waals surface area contributed by atoms with Crippen molar-refractivity contribution in [1.82, 2.24) is 4.98 Å². The van der Waals surface area contributed by atoms with Crippen molar-refractivity contribution in [2.75, 3.05) is 14.1 Å². The number of benzene rings is 2. The number of hydrogen-bond donors (Lipinski definition) is 1. The van der Waals surface area contributed by atoms with Crippen LogP contribution in [0.25, 0.3) is 23.0 Å². The highest BCUT2D eigenvalue weighted by atomic mass is 16.5. The molecule has 1 aromatic heterocycles. The Kier molecular flexibility index (Phi) is 3.78. The molecule has 0 aliphatic carbocycles. The SMILES string of the molecule is CC1=c2c(=O)[nH]cc(-c3ccccc3Oc3ccccc3)c2=C[N+]1(C)C. The number of fused-ring (bicyclic) bond motifs is 1. The Balaban J connectivity index is 1.95. The Bertz CT molecular complexity index is 1160. The molecule has 1 aliphatic rings. The topological polar surface area (TPSA) is 42.1 Å². The molecule has 0 saturated carbocycles. The third-order valence-electron chi connectivity index (χ3n) is 4.96. The molecule has 2 heterocycles. The molecule has 0 bridgehead atoms. The molecule has 0 spiro atoms. The molecule has 26 heavy (non-hydrogen) atoms. The molecule has 0 fully saturated rings. The van der Waals surface area contributed by atoms with Gasteiger partial charge in [0.05, 0.1) is 19.3 Å². The fraction of sp³-hybridized carbons (Fsp3) is 0.136. The maximum Gasteiger partial charge on any atom is 0.261 e. The highest BCUT2D eigenvalue weighted by Crippen LogP contribution is 2.31. The van der Waals surface area contributed by atoms with Gasteiger partial charge in [-0.1, -0.05) is 36.4 Å². The van der Waals surface area contributed by atoms with Gasteiger partial charge in [0.1, 0.15) is 28.6 Å². The molecule has 0 radical (unpaired) electrons. The first kappa shape index (κ1) is 16.4. The van der Waals surface area contributed by atoms with Gasteiger partial charge in [0.25, 0.3) is 5.56 Å². The number of rotatable bonds is 3. The number of H-pyrrole nitrogens is 1. The first-order chi connectivity index (χ1) is 12.5. The largest absolute Gasteiger partial charge is 0.457 e. The lowest BCUT2D eigenvalue weighted by atomic mass is 10.0. The number of para-hydroxylation sites is 2. The van der Waals surface area contributed by atoms with Crippen LogP contribution in [0.15, 0.2) is 65.6 Å². The van der Waals surface area contributed by atoms with Crippen LogP contribution in [0.4, 0.5) is 0 Å². The molecule has 0 unspecified atom stereocenters. The zero-order valence-electron chi connectivity index (χ0n) is 15.1. The Hall–Kier alpha value is -3.11. The molecule has 1 aliphatic heterocycles. The average molecular weight is 345 g/mol. The van der Waals surface area contributed by atoms with E-state index in [1.165, 1.54) is 0 Å². The van der Waals surface area contributed by atoms with Gasteiger partial charge in [-0.3, -0.25) is 9.28 Å². The van der Waals surface area contributed by atoms with E-state index in [0.717, 1.165) is 38.8 Å². The van der Waals surface area contributed by atoms with Gasteiger partial charge in [0.15, 0.2) is 0 Å². The van der Waals surface area contributed by atoms with E-state index in [2.05, 4.69) is 25.3 Å². The minimum absolute atomic E-state index is 0.0531. The van der Waals surface area contributed by atoms with E-state index >= 15 is 0 Å². The number of ether oxygens (including phenoxy) is 1. The summed E-state index contributed by atoms with van der Waals surface area (Å²) < 4.78 is 6.68. The second-order valence-corrected chi connectivity index (χ2v) is 6.99. The second-order valence-electron chi connectivity index (χ2n) is 6.99. The van der Waals surface area contributed by atoms with Crippen LogP contribution in [-0.4, -0.2) is 23.6 Å². The number of pyridine rings is 1. The van der Waals surface area contributed by atoms with Crippen LogP contribution in [0.1, 0.15) is 6.92 Å². The lowest BCUT2D eigenvalue weighted by Gasteiger charge is -2.21. The van der Waals surface area contributed by atoms with Crippen LogP contribution in [0.2, 0.25) is 0 Å². The molecule has 0 saturated heterocycles. The number of hydrogen-bond acceptors (Lipinski definition) is 2. The highest BCUT2D eigenvalue weighted by Gasteiger charge is 2.26. The Morgan fingerprint density at radius 2 is 1.62 bits per heavy atom. The minimum Gasteiger partial charge on any atom is -0.457 e. The van der Waals surface area contributed by atoms with Crippen molar-refractivity contribution in [1.29, 1.82) is 0 Å². The van der Waals surface area contributed by atoms with Gasteiger partial charge in [-0.25, -0.2) is 0 Å². The molecule has 4 heteroatoms. The average Bonchev–Trinajstić information content (AvgIpc) is 2.87. The van der Waals surface area contributed by atoms with E-state index in [1.807, 2.05) is 61.5 Å². The summed E-state index contributed by atoms with van der Waals surface area (Å²) in [4.78, 5) is 15.3. The van der Waals surface area contributed by atoms with E-state index in [1.54, 1.807) is 6.20 Å². The van der Waals surface area contributed by atoms with Crippen LogP contribution in [0, 0.1) is 0 Å². The smallest absolute Gasteiger partial charge is 0.261 e. The lowest BCUT2D eigenvalue weighted by Crippen LogP contribution is -2.41. The van der Waals surface area contributed by atoms with Gasteiger partial charge in [0.2, 0.25) is 0 Å². The summed E-state index contributed by atoms with van der Waals surface area (Å²) in [7, 11) is 4.15. The van der Waals surface area contributed by atoms with Gasteiger partial charge in [-0.05, 0) is 18.2 Å². The summed E-state index contributed by atoms with van der Waals surface area (Å²) in [5.74, 6) is 1.54. The lowest BCUT2D eigenvalue weighted by molar-refractivity contribution is -0.732. The van der Waals surface area contributed by atoms with Crippen molar-refractivity contribution in [2.45, 2.75) is 6.92 Å². The van der Waals surface area contributed by atoms with Gasteiger partial charge in [-0.2, -0.15) is 0 Å². The number of nitrogens with one attached hydrogen (secondary N) is 1. The summed E-state index contributed by atoms with van der Waals surface area (Å²) in [5, 5.41) is 1.71. The van der Waals surface area contributed by atoms with Gasteiger partial charge >= 0.3 is 0 Å².